The van der Waals surface area contributed by atoms with Gasteiger partial charge in [-0.15, -0.1) is 0 Å². The molecule has 4 rings (SSSR count). The number of aryl methyl sites for hydroxylation is 1. The number of methoxy groups -OCH3 is 1. The van der Waals surface area contributed by atoms with Gasteiger partial charge in [0, 0.05) is 29.2 Å². The quantitative estimate of drug-likeness (QED) is 0.328. The SMILES string of the molecule is COc1ccc(-c2cnc3c(Nc4ccc(C(=O)NC(CO)CO)c(C)c4)nccn23)cc1. The fourth-order valence-corrected chi connectivity index (χ4v) is 3.53. The van der Waals surface area contributed by atoms with E-state index in [1.54, 1.807) is 31.6 Å². The second-order valence-corrected chi connectivity index (χ2v) is 7.53. The van der Waals surface area contributed by atoms with E-state index in [0.717, 1.165) is 28.3 Å². The first-order valence-electron chi connectivity index (χ1n) is 10.4. The molecule has 0 saturated carbocycles. The standard InChI is InChI=1S/C24H25N5O4/c1-15-11-17(5-8-20(15)24(32)28-18(13-30)14-31)27-22-23-26-12-21(29(23)10-9-25-22)16-3-6-19(33-2)7-4-16/h3-12,18,30-31H,13-14H2,1-2H3,(H,25,27)(H,28,32). The fraction of sp³-hybridized carbons (Fsp3) is 0.208. The van der Waals surface area contributed by atoms with Gasteiger partial charge >= 0.3 is 0 Å². The Morgan fingerprint density at radius 1 is 1.12 bits per heavy atom. The summed E-state index contributed by atoms with van der Waals surface area (Å²) in [7, 11) is 1.63. The molecule has 1 amide bonds. The van der Waals surface area contributed by atoms with Gasteiger partial charge in [0.25, 0.3) is 5.91 Å². The molecule has 33 heavy (non-hydrogen) atoms. The number of benzene rings is 2. The van der Waals surface area contributed by atoms with Crippen molar-refractivity contribution < 1.29 is 19.7 Å². The number of nitrogens with zero attached hydrogens (tertiary/aromatic N) is 3. The van der Waals surface area contributed by atoms with Crippen molar-refractivity contribution in [2.75, 3.05) is 25.6 Å². The number of imidazole rings is 1. The number of fused-ring (bicyclic) bond motifs is 1. The summed E-state index contributed by atoms with van der Waals surface area (Å²) in [4.78, 5) is 21.4. The lowest BCUT2D eigenvalue weighted by Gasteiger charge is -2.15. The molecular formula is C24H25N5O4. The topological polar surface area (TPSA) is 121 Å². The Labute approximate surface area is 190 Å². The van der Waals surface area contributed by atoms with E-state index in [2.05, 4.69) is 20.6 Å². The number of aliphatic hydroxyl groups excluding tert-OH is 2. The maximum absolute atomic E-state index is 12.4. The van der Waals surface area contributed by atoms with Gasteiger partial charge in [0.15, 0.2) is 11.5 Å². The van der Waals surface area contributed by atoms with Crippen LogP contribution >= 0.6 is 0 Å². The summed E-state index contributed by atoms with van der Waals surface area (Å²) in [5.41, 5.74) is 4.53. The summed E-state index contributed by atoms with van der Waals surface area (Å²) in [6.07, 6.45) is 5.34. The second-order valence-electron chi connectivity index (χ2n) is 7.53. The van der Waals surface area contributed by atoms with Crippen LogP contribution in [0, 0.1) is 6.92 Å². The van der Waals surface area contributed by atoms with Crippen molar-refractivity contribution in [1.29, 1.82) is 0 Å². The van der Waals surface area contributed by atoms with Crippen molar-refractivity contribution in [1.82, 2.24) is 19.7 Å². The van der Waals surface area contributed by atoms with E-state index in [9.17, 15) is 15.0 Å². The van der Waals surface area contributed by atoms with Crippen LogP contribution in [-0.2, 0) is 0 Å². The van der Waals surface area contributed by atoms with Gasteiger partial charge in [-0.1, -0.05) is 0 Å². The molecule has 0 unspecified atom stereocenters. The zero-order valence-electron chi connectivity index (χ0n) is 18.3. The Hall–Kier alpha value is -3.95. The second kappa shape index (κ2) is 9.68. The molecule has 4 N–H and O–H groups in total. The molecule has 0 saturated heterocycles. The first-order chi connectivity index (χ1) is 16.0. The van der Waals surface area contributed by atoms with Gasteiger partial charge in [-0.3, -0.25) is 9.20 Å². The number of carbonyl (C=O) groups is 1. The van der Waals surface area contributed by atoms with Gasteiger partial charge in [-0.05, 0) is 55.0 Å². The number of hydrogen-bond acceptors (Lipinski definition) is 7. The average Bonchev–Trinajstić information content (AvgIpc) is 3.28. The van der Waals surface area contributed by atoms with Gasteiger partial charge in [-0.2, -0.15) is 0 Å². The minimum atomic E-state index is -0.697. The molecule has 0 spiro atoms. The van der Waals surface area contributed by atoms with E-state index >= 15 is 0 Å². The summed E-state index contributed by atoms with van der Waals surface area (Å²) >= 11 is 0. The molecule has 0 radical (unpaired) electrons. The van der Waals surface area contributed by atoms with E-state index in [-0.39, 0.29) is 19.1 Å². The van der Waals surface area contributed by atoms with Crippen LogP contribution in [0.5, 0.6) is 5.75 Å². The first-order valence-corrected chi connectivity index (χ1v) is 10.4. The third-order valence-corrected chi connectivity index (χ3v) is 5.32. The van der Waals surface area contributed by atoms with Crippen LogP contribution in [0.4, 0.5) is 11.5 Å². The van der Waals surface area contributed by atoms with Crippen molar-refractivity contribution in [2.24, 2.45) is 0 Å². The highest BCUT2D eigenvalue weighted by atomic mass is 16.5. The predicted molar refractivity (Wildman–Crippen MR) is 125 cm³/mol. The minimum absolute atomic E-state index is 0.334. The maximum Gasteiger partial charge on any atom is 0.251 e. The van der Waals surface area contributed by atoms with Crippen LogP contribution in [0.15, 0.2) is 61.1 Å². The van der Waals surface area contributed by atoms with Crippen LogP contribution in [0.25, 0.3) is 16.9 Å². The summed E-state index contributed by atoms with van der Waals surface area (Å²) < 4.78 is 7.19. The molecule has 9 heteroatoms. The fourth-order valence-electron chi connectivity index (χ4n) is 3.53. The van der Waals surface area contributed by atoms with Crippen molar-refractivity contribution >= 4 is 23.1 Å². The number of amides is 1. The third kappa shape index (κ3) is 4.64. The molecule has 4 aromatic rings. The van der Waals surface area contributed by atoms with Gasteiger partial charge in [0.2, 0.25) is 0 Å². The van der Waals surface area contributed by atoms with Crippen molar-refractivity contribution in [3.63, 3.8) is 0 Å². The van der Waals surface area contributed by atoms with E-state index < -0.39 is 6.04 Å². The van der Waals surface area contributed by atoms with Crippen LogP contribution in [0.3, 0.4) is 0 Å². The maximum atomic E-state index is 12.4. The molecular weight excluding hydrogens is 422 g/mol. The first kappa shape index (κ1) is 22.3. The number of aromatic nitrogens is 3. The van der Waals surface area contributed by atoms with E-state index in [1.165, 1.54) is 0 Å². The molecule has 9 nitrogen and oxygen atoms in total. The van der Waals surface area contributed by atoms with Crippen LogP contribution in [-0.4, -0.2) is 56.9 Å². The molecule has 2 heterocycles. The van der Waals surface area contributed by atoms with E-state index in [1.807, 2.05) is 47.9 Å². The Balaban J connectivity index is 1.58. The lowest BCUT2D eigenvalue weighted by molar-refractivity contribution is 0.0879. The number of carbonyl (C=O) groups excluding carboxylic acids is 1. The van der Waals surface area contributed by atoms with Crippen molar-refractivity contribution in [3.05, 3.63) is 72.2 Å². The van der Waals surface area contributed by atoms with Crippen LogP contribution < -0.4 is 15.4 Å². The summed E-state index contributed by atoms with van der Waals surface area (Å²) in [5.74, 6) is 1.01. The normalized spacial score (nSPS) is 11.1. The van der Waals surface area contributed by atoms with Crippen LogP contribution in [0.1, 0.15) is 15.9 Å². The molecule has 0 fully saturated rings. The van der Waals surface area contributed by atoms with Gasteiger partial charge in [0.1, 0.15) is 5.75 Å². The minimum Gasteiger partial charge on any atom is -0.497 e. The molecule has 0 atom stereocenters. The lowest BCUT2D eigenvalue weighted by Crippen LogP contribution is -2.40. The lowest BCUT2D eigenvalue weighted by atomic mass is 10.1. The zero-order valence-corrected chi connectivity index (χ0v) is 18.3. The van der Waals surface area contributed by atoms with Crippen molar-refractivity contribution in [2.45, 2.75) is 13.0 Å². The Kier molecular flexibility index (Phi) is 6.53. The van der Waals surface area contributed by atoms with E-state index in [0.29, 0.717) is 17.0 Å². The Morgan fingerprint density at radius 3 is 2.55 bits per heavy atom. The Morgan fingerprint density at radius 2 is 1.88 bits per heavy atom. The highest BCUT2D eigenvalue weighted by Gasteiger charge is 2.15. The molecule has 2 aromatic carbocycles. The monoisotopic (exact) mass is 447 g/mol. The zero-order chi connectivity index (χ0) is 23.4. The van der Waals surface area contributed by atoms with Crippen LogP contribution in [0.2, 0.25) is 0 Å². The summed E-state index contributed by atoms with van der Waals surface area (Å²) in [6, 6.07) is 12.3. The average molecular weight is 447 g/mol. The molecule has 0 aliphatic carbocycles. The Bertz CT molecular complexity index is 1270. The number of anilines is 2. The number of aliphatic hydroxyl groups is 2. The predicted octanol–water partition coefficient (Wildman–Crippen LogP) is 2.54. The van der Waals surface area contributed by atoms with Gasteiger partial charge in [0.05, 0.1) is 38.3 Å². The van der Waals surface area contributed by atoms with Crippen molar-refractivity contribution in [3.8, 4) is 17.0 Å². The molecule has 0 aliphatic rings. The highest BCUT2D eigenvalue weighted by molar-refractivity contribution is 5.96. The highest BCUT2D eigenvalue weighted by Crippen LogP contribution is 2.27. The molecule has 170 valence electrons. The molecule has 0 bridgehead atoms. The smallest absolute Gasteiger partial charge is 0.251 e. The molecule has 2 aromatic heterocycles. The third-order valence-electron chi connectivity index (χ3n) is 5.32. The van der Waals surface area contributed by atoms with E-state index in [4.69, 9.17) is 4.74 Å². The van der Waals surface area contributed by atoms with Gasteiger partial charge in [-0.25, -0.2) is 9.97 Å². The number of nitrogens with one attached hydrogen (secondary N) is 2. The number of rotatable bonds is 8. The molecule has 0 aliphatic heterocycles. The number of ether oxygens (including phenoxy) is 1. The number of hydrogen-bond donors (Lipinski definition) is 4. The summed E-state index contributed by atoms with van der Waals surface area (Å²) in [5, 5.41) is 24.2. The largest absolute Gasteiger partial charge is 0.497 e. The summed E-state index contributed by atoms with van der Waals surface area (Å²) in [6.45, 7) is 1.15. The van der Waals surface area contributed by atoms with Gasteiger partial charge < -0.3 is 25.6 Å².